The highest BCUT2D eigenvalue weighted by Gasteiger charge is 2.41. The minimum Gasteiger partial charge on any atom is -0.383 e. The second kappa shape index (κ2) is 8.14. The number of amides is 1. The van der Waals surface area contributed by atoms with E-state index in [-0.39, 0.29) is 24.1 Å². The summed E-state index contributed by atoms with van der Waals surface area (Å²) in [5, 5.41) is 17.0. The molecule has 7 nitrogen and oxygen atoms in total. The molecule has 32 heavy (non-hydrogen) atoms. The maximum atomic E-state index is 13.0. The number of rotatable bonds is 5. The Morgan fingerprint density at radius 2 is 2.00 bits per heavy atom. The highest BCUT2D eigenvalue weighted by molar-refractivity contribution is 7.15. The van der Waals surface area contributed by atoms with Crippen LogP contribution in [-0.2, 0) is 16.6 Å². The summed E-state index contributed by atoms with van der Waals surface area (Å²) in [6.07, 6.45) is -1.57. The molecule has 0 saturated carbocycles. The van der Waals surface area contributed by atoms with Crippen LogP contribution in [0.15, 0.2) is 36.7 Å². The Morgan fingerprint density at radius 3 is 2.69 bits per heavy atom. The van der Waals surface area contributed by atoms with Crippen molar-refractivity contribution in [2.45, 2.75) is 32.0 Å². The van der Waals surface area contributed by atoms with Crippen molar-refractivity contribution in [3.63, 3.8) is 0 Å². The van der Waals surface area contributed by atoms with E-state index in [1.54, 1.807) is 19.2 Å². The standard InChI is InChI=1S/C21H20F3N5O2S/c1-11-5-14(15-10-27-19(32-15)20(2,31)13-8-18(30)26-9-13)28-17(6-11)29-16-7-12(3-4-25-16)21(22,23)24/h3-7,10,13,31H,8-9H2,1-2H3,(H,26,30)(H,25,28,29)/t13-,20+/m1/s1. The number of carbonyl (C=O) groups excluding carboxylic acids is 1. The van der Waals surface area contributed by atoms with Crippen molar-refractivity contribution in [2.24, 2.45) is 5.92 Å². The van der Waals surface area contributed by atoms with Crippen molar-refractivity contribution < 1.29 is 23.1 Å². The van der Waals surface area contributed by atoms with Gasteiger partial charge in [-0.1, -0.05) is 0 Å². The van der Waals surface area contributed by atoms with Crippen molar-refractivity contribution in [1.29, 1.82) is 0 Å². The van der Waals surface area contributed by atoms with Crippen LogP contribution in [0.2, 0.25) is 0 Å². The van der Waals surface area contributed by atoms with Gasteiger partial charge in [0.25, 0.3) is 0 Å². The van der Waals surface area contributed by atoms with E-state index in [2.05, 4.69) is 25.6 Å². The summed E-state index contributed by atoms with van der Waals surface area (Å²) < 4.78 is 38.9. The van der Waals surface area contributed by atoms with Crippen molar-refractivity contribution >= 4 is 28.9 Å². The summed E-state index contributed by atoms with van der Waals surface area (Å²) in [6.45, 7) is 3.85. The molecule has 3 aromatic rings. The molecule has 0 unspecified atom stereocenters. The fourth-order valence-corrected chi connectivity index (χ4v) is 4.47. The normalized spacial score (nSPS) is 18.3. The van der Waals surface area contributed by atoms with Crippen LogP contribution in [0.3, 0.4) is 0 Å². The number of thiazole rings is 1. The zero-order valence-electron chi connectivity index (χ0n) is 17.2. The number of aromatic nitrogens is 3. The number of hydrogen-bond donors (Lipinski definition) is 3. The van der Waals surface area contributed by atoms with Crippen LogP contribution in [0, 0.1) is 12.8 Å². The number of aliphatic hydroxyl groups is 1. The number of alkyl halides is 3. The molecule has 11 heteroatoms. The van der Waals surface area contributed by atoms with Gasteiger partial charge in [-0.15, -0.1) is 11.3 Å². The predicted molar refractivity (Wildman–Crippen MR) is 113 cm³/mol. The number of aryl methyl sites for hydroxylation is 1. The van der Waals surface area contributed by atoms with E-state index in [1.165, 1.54) is 11.3 Å². The Hall–Kier alpha value is -3.05. The molecule has 1 aliphatic rings. The lowest BCUT2D eigenvalue weighted by Crippen LogP contribution is -2.33. The number of anilines is 2. The van der Waals surface area contributed by atoms with E-state index in [9.17, 15) is 23.1 Å². The molecule has 3 aromatic heterocycles. The Labute approximate surface area is 185 Å². The monoisotopic (exact) mass is 463 g/mol. The van der Waals surface area contributed by atoms with Gasteiger partial charge in [-0.25, -0.2) is 15.0 Å². The summed E-state index contributed by atoms with van der Waals surface area (Å²) in [4.78, 5) is 25.0. The first kappa shape index (κ1) is 22.2. The van der Waals surface area contributed by atoms with E-state index >= 15 is 0 Å². The average molecular weight is 463 g/mol. The molecule has 0 aliphatic carbocycles. The summed E-state index contributed by atoms with van der Waals surface area (Å²) >= 11 is 1.26. The van der Waals surface area contributed by atoms with Gasteiger partial charge < -0.3 is 15.7 Å². The van der Waals surface area contributed by atoms with Gasteiger partial charge >= 0.3 is 6.18 Å². The molecule has 3 N–H and O–H groups in total. The largest absolute Gasteiger partial charge is 0.416 e. The number of pyridine rings is 2. The van der Waals surface area contributed by atoms with Gasteiger partial charge in [0.05, 0.1) is 16.1 Å². The first-order valence-corrected chi connectivity index (χ1v) is 10.6. The fraction of sp³-hybridized carbons (Fsp3) is 0.333. The molecule has 2 atom stereocenters. The molecule has 1 amide bonds. The van der Waals surface area contributed by atoms with E-state index in [0.717, 1.165) is 23.9 Å². The van der Waals surface area contributed by atoms with E-state index in [4.69, 9.17) is 0 Å². The van der Waals surface area contributed by atoms with Crippen LogP contribution >= 0.6 is 11.3 Å². The summed E-state index contributed by atoms with van der Waals surface area (Å²) in [6, 6.07) is 5.33. The van der Waals surface area contributed by atoms with Crippen LogP contribution in [0.1, 0.15) is 29.5 Å². The third-order valence-electron chi connectivity index (χ3n) is 5.28. The second-order valence-electron chi connectivity index (χ2n) is 7.85. The van der Waals surface area contributed by atoms with Crippen LogP contribution in [0.4, 0.5) is 24.8 Å². The molecule has 0 bridgehead atoms. The zero-order chi connectivity index (χ0) is 23.1. The van der Waals surface area contributed by atoms with Crippen LogP contribution in [0.25, 0.3) is 10.6 Å². The van der Waals surface area contributed by atoms with E-state index in [0.29, 0.717) is 27.9 Å². The minimum absolute atomic E-state index is 0.0233. The van der Waals surface area contributed by atoms with Gasteiger partial charge in [0.15, 0.2) is 0 Å². The number of nitrogens with zero attached hydrogens (tertiary/aromatic N) is 3. The van der Waals surface area contributed by atoms with Gasteiger partial charge in [-0.05, 0) is 43.7 Å². The van der Waals surface area contributed by atoms with Gasteiger partial charge in [-0.2, -0.15) is 13.2 Å². The molecule has 4 heterocycles. The zero-order valence-corrected chi connectivity index (χ0v) is 18.0. The smallest absolute Gasteiger partial charge is 0.383 e. The van der Waals surface area contributed by atoms with Crippen LogP contribution in [0.5, 0.6) is 0 Å². The SMILES string of the molecule is Cc1cc(Nc2cc(C(F)(F)F)ccn2)nc(-c2cnc([C@@](C)(O)[C@H]3CNC(=O)C3)s2)c1. The van der Waals surface area contributed by atoms with Gasteiger partial charge in [0, 0.05) is 31.3 Å². The lowest BCUT2D eigenvalue weighted by Gasteiger charge is -2.26. The molecular weight excluding hydrogens is 443 g/mol. The molecule has 168 valence electrons. The summed E-state index contributed by atoms with van der Waals surface area (Å²) in [7, 11) is 0. The van der Waals surface area contributed by atoms with Gasteiger partial charge in [-0.3, -0.25) is 4.79 Å². The van der Waals surface area contributed by atoms with Crippen molar-refractivity contribution in [2.75, 3.05) is 11.9 Å². The number of hydrogen-bond acceptors (Lipinski definition) is 7. The highest BCUT2D eigenvalue weighted by atomic mass is 32.1. The fourth-order valence-electron chi connectivity index (χ4n) is 3.47. The quantitative estimate of drug-likeness (QED) is 0.529. The first-order valence-electron chi connectivity index (χ1n) is 9.77. The molecule has 0 aromatic carbocycles. The Balaban J connectivity index is 1.59. The number of nitrogens with one attached hydrogen (secondary N) is 2. The predicted octanol–water partition coefficient (Wildman–Crippen LogP) is 4.01. The van der Waals surface area contributed by atoms with Gasteiger partial charge in [0.2, 0.25) is 5.91 Å². The first-order chi connectivity index (χ1) is 15.0. The third kappa shape index (κ3) is 4.58. The highest BCUT2D eigenvalue weighted by Crippen LogP contribution is 2.38. The maximum absolute atomic E-state index is 13.0. The number of carbonyl (C=O) groups is 1. The molecule has 1 fully saturated rings. The minimum atomic E-state index is -4.47. The van der Waals surface area contributed by atoms with Crippen LogP contribution in [-0.4, -0.2) is 32.5 Å². The van der Waals surface area contributed by atoms with Crippen LogP contribution < -0.4 is 10.6 Å². The molecular formula is C21H20F3N5O2S. The summed E-state index contributed by atoms with van der Waals surface area (Å²) in [5.41, 5.74) is -0.705. The third-order valence-corrected chi connectivity index (χ3v) is 6.52. The maximum Gasteiger partial charge on any atom is 0.416 e. The lowest BCUT2D eigenvalue weighted by atomic mass is 9.89. The molecule has 0 spiro atoms. The molecule has 1 aliphatic heterocycles. The van der Waals surface area contributed by atoms with E-state index < -0.39 is 17.3 Å². The lowest BCUT2D eigenvalue weighted by molar-refractivity contribution is -0.137. The Kier molecular flexibility index (Phi) is 5.63. The van der Waals surface area contributed by atoms with Crippen molar-refractivity contribution in [1.82, 2.24) is 20.3 Å². The Bertz CT molecular complexity index is 1160. The summed E-state index contributed by atoms with van der Waals surface area (Å²) in [5.74, 6) is -0.0377. The molecule has 4 rings (SSSR count). The van der Waals surface area contributed by atoms with Crippen molar-refractivity contribution in [3.8, 4) is 10.6 Å². The topological polar surface area (TPSA) is 100 Å². The average Bonchev–Trinajstić information content (AvgIpc) is 3.37. The molecule has 0 radical (unpaired) electrons. The number of halogens is 3. The van der Waals surface area contributed by atoms with E-state index in [1.807, 2.05) is 13.0 Å². The molecule has 1 saturated heterocycles. The second-order valence-corrected chi connectivity index (χ2v) is 8.88. The van der Waals surface area contributed by atoms with Gasteiger partial charge in [0.1, 0.15) is 22.2 Å². The van der Waals surface area contributed by atoms with Crippen molar-refractivity contribution in [3.05, 3.63) is 52.8 Å². The Morgan fingerprint density at radius 1 is 1.22 bits per heavy atom.